The first-order valence-corrected chi connectivity index (χ1v) is 8.23. The summed E-state index contributed by atoms with van der Waals surface area (Å²) in [6, 6.07) is 9.13. The molecule has 1 heterocycles. The average Bonchev–Trinajstić information content (AvgIpc) is 3.34. The molecule has 21 heavy (non-hydrogen) atoms. The number of methoxy groups -OCH3 is 1. The van der Waals surface area contributed by atoms with Gasteiger partial charge in [-0.25, -0.2) is 0 Å². The standard InChI is InChI=1S/C18H28N2O/c1-14-12-19-18(2,16-6-7-16)13-20(14)11-10-15-4-8-17(21-3)9-5-15/h4-5,8-9,14,16,19H,6-7,10-13H2,1-3H3. The van der Waals surface area contributed by atoms with Crippen LogP contribution >= 0.6 is 0 Å². The molecule has 3 heteroatoms. The predicted octanol–water partition coefficient (Wildman–Crippen LogP) is 2.70. The highest BCUT2D eigenvalue weighted by atomic mass is 16.5. The van der Waals surface area contributed by atoms with E-state index in [0.717, 1.165) is 31.2 Å². The summed E-state index contributed by atoms with van der Waals surface area (Å²) in [6.45, 7) is 8.21. The van der Waals surface area contributed by atoms with Gasteiger partial charge in [0.05, 0.1) is 7.11 Å². The van der Waals surface area contributed by atoms with Crippen molar-refractivity contribution in [2.45, 2.75) is 44.7 Å². The molecular weight excluding hydrogens is 260 g/mol. The van der Waals surface area contributed by atoms with Crippen molar-refractivity contribution in [2.24, 2.45) is 5.92 Å². The monoisotopic (exact) mass is 288 g/mol. The second-order valence-corrected chi connectivity index (χ2v) is 6.99. The van der Waals surface area contributed by atoms with E-state index in [0.29, 0.717) is 11.6 Å². The lowest BCUT2D eigenvalue weighted by Gasteiger charge is -2.45. The van der Waals surface area contributed by atoms with E-state index in [1.165, 1.54) is 24.9 Å². The predicted molar refractivity (Wildman–Crippen MR) is 86.9 cm³/mol. The molecule has 0 amide bonds. The fourth-order valence-electron chi connectivity index (χ4n) is 3.50. The third kappa shape index (κ3) is 3.41. The van der Waals surface area contributed by atoms with Gasteiger partial charge in [0, 0.05) is 31.2 Å². The Morgan fingerprint density at radius 1 is 1.29 bits per heavy atom. The minimum atomic E-state index is 0.340. The summed E-state index contributed by atoms with van der Waals surface area (Å²) in [5, 5.41) is 3.79. The topological polar surface area (TPSA) is 24.5 Å². The molecule has 1 aliphatic carbocycles. The Kier molecular flexibility index (Phi) is 4.23. The zero-order chi connectivity index (χ0) is 14.9. The van der Waals surface area contributed by atoms with E-state index in [4.69, 9.17) is 4.74 Å². The molecular formula is C18H28N2O. The summed E-state index contributed by atoms with van der Waals surface area (Å²) in [6.07, 6.45) is 3.93. The van der Waals surface area contributed by atoms with Crippen LogP contribution in [0.5, 0.6) is 5.75 Å². The van der Waals surface area contributed by atoms with E-state index < -0.39 is 0 Å². The van der Waals surface area contributed by atoms with Crippen LogP contribution in [-0.4, -0.2) is 43.2 Å². The van der Waals surface area contributed by atoms with Crippen molar-refractivity contribution >= 4 is 0 Å². The van der Waals surface area contributed by atoms with Crippen LogP contribution < -0.4 is 10.1 Å². The Morgan fingerprint density at radius 2 is 2.00 bits per heavy atom. The van der Waals surface area contributed by atoms with Crippen LogP contribution in [-0.2, 0) is 6.42 Å². The minimum Gasteiger partial charge on any atom is -0.497 e. The quantitative estimate of drug-likeness (QED) is 0.901. The van der Waals surface area contributed by atoms with Gasteiger partial charge < -0.3 is 10.1 Å². The van der Waals surface area contributed by atoms with E-state index >= 15 is 0 Å². The molecule has 2 atom stereocenters. The lowest BCUT2D eigenvalue weighted by molar-refractivity contribution is 0.0844. The maximum atomic E-state index is 5.22. The number of hydrogen-bond donors (Lipinski definition) is 1. The molecule has 3 nitrogen and oxygen atoms in total. The summed E-state index contributed by atoms with van der Waals surface area (Å²) in [5.74, 6) is 1.84. The van der Waals surface area contributed by atoms with E-state index in [9.17, 15) is 0 Å². The van der Waals surface area contributed by atoms with Crippen molar-refractivity contribution < 1.29 is 4.74 Å². The molecule has 1 aromatic carbocycles. The van der Waals surface area contributed by atoms with Crippen molar-refractivity contribution in [1.82, 2.24) is 10.2 Å². The second-order valence-electron chi connectivity index (χ2n) is 6.99. The fourth-order valence-corrected chi connectivity index (χ4v) is 3.50. The van der Waals surface area contributed by atoms with Crippen molar-refractivity contribution in [3.63, 3.8) is 0 Å². The van der Waals surface area contributed by atoms with Crippen LogP contribution in [0.3, 0.4) is 0 Å². The average molecular weight is 288 g/mol. The molecule has 0 spiro atoms. The van der Waals surface area contributed by atoms with E-state index in [2.05, 4.69) is 48.3 Å². The summed E-state index contributed by atoms with van der Waals surface area (Å²) in [7, 11) is 1.72. The van der Waals surface area contributed by atoms with Crippen molar-refractivity contribution in [1.29, 1.82) is 0 Å². The highest BCUT2D eigenvalue weighted by Gasteiger charge is 2.45. The summed E-state index contributed by atoms with van der Waals surface area (Å²) in [5.41, 5.74) is 1.74. The van der Waals surface area contributed by atoms with Crippen molar-refractivity contribution in [3.05, 3.63) is 29.8 Å². The lowest BCUT2D eigenvalue weighted by atomic mass is 9.91. The van der Waals surface area contributed by atoms with Gasteiger partial charge in [-0.1, -0.05) is 12.1 Å². The van der Waals surface area contributed by atoms with Crippen LogP contribution in [0.25, 0.3) is 0 Å². The molecule has 1 aliphatic heterocycles. The van der Waals surface area contributed by atoms with E-state index in [1.54, 1.807) is 7.11 Å². The van der Waals surface area contributed by atoms with Gasteiger partial charge in [-0.15, -0.1) is 0 Å². The van der Waals surface area contributed by atoms with Gasteiger partial charge in [0.2, 0.25) is 0 Å². The molecule has 2 unspecified atom stereocenters. The van der Waals surface area contributed by atoms with E-state index in [1.807, 2.05) is 0 Å². The first kappa shape index (κ1) is 14.9. The molecule has 3 rings (SSSR count). The Hall–Kier alpha value is -1.06. The van der Waals surface area contributed by atoms with Gasteiger partial charge in [0.1, 0.15) is 5.75 Å². The minimum absolute atomic E-state index is 0.340. The van der Waals surface area contributed by atoms with Crippen LogP contribution in [0.15, 0.2) is 24.3 Å². The first-order valence-electron chi connectivity index (χ1n) is 8.23. The number of ether oxygens (including phenoxy) is 1. The highest BCUT2D eigenvalue weighted by Crippen LogP contribution is 2.41. The summed E-state index contributed by atoms with van der Waals surface area (Å²) in [4.78, 5) is 2.67. The number of rotatable bonds is 5. The molecule has 1 N–H and O–H groups in total. The fraction of sp³-hybridized carbons (Fsp3) is 0.667. The molecule has 116 valence electrons. The highest BCUT2D eigenvalue weighted by molar-refractivity contribution is 5.27. The third-order valence-electron chi connectivity index (χ3n) is 5.28. The van der Waals surface area contributed by atoms with Crippen LogP contribution in [0, 0.1) is 5.92 Å². The van der Waals surface area contributed by atoms with Crippen molar-refractivity contribution in [3.8, 4) is 5.75 Å². The molecule has 0 bridgehead atoms. The number of nitrogens with one attached hydrogen (secondary N) is 1. The molecule has 1 saturated heterocycles. The SMILES string of the molecule is COc1ccc(CCN2CC(C)(C3CC3)NCC2C)cc1. The van der Waals surface area contributed by atoms with Gasteiger partial charge in [0.15, 0.2) is 0 Å². The number of nitrogens with zero attached hydrogens (tertiary/aromatic N) is 1. The Balaban J connectivity index is 1.57. The zero-order valence-corrected chi connectivity index (χ0v) is 13.6. The number of hydrogen-bond acceptors (Lipinski definition) is 3. The third-order valence-corrected chi connectivity index (χ3v) is 5.28. The van der Waals surface area contributed by atoms with Gasteiger partial charge in [-0.3, -0.25) is 4.90 Å². The number of benzene rings is 1. The molecule has 0 aromatic heterocycles. The second kappa shape index (κ2) is 5.98. The lowest BCUT2D eigenvalue weighted by Crippen LogP contribution is -2.63. The molecule has 0 radical (unpaired) electrons. The largest absolute Gasteiger partial charge is 0.497 e. The van der Waals surface area contributed by atoms with Crippen LogP contribution in [0.4, 0.5) is 0 Å². The molecule has 2 aliphatic rings. The smallest absolute Gasteiger partial charge is 0.118 e. The maximum Gasteiger partial charge on any atom is 0.118 e. The zero-order valence-electron chi connectivity index (χ0n) is 13.6. The maximum absolute atomic E-state index is 5.22. The van der Waals surface area contributed by atoms with Crippen LogP contribution in [0.2, 0.25) is 0 Å². The summed E-state index contributed by atoms with van der Waals surface area (Å²) < 4.78 is 5.22. The van der Waals surface area contributed by atoms with Gasteiger partial charge in [0.25, 0.3) is 0 Å². The van der Waals surface area contributed by atoms with Crippen LogP contribution in [0.1, 0.15) is 32.3 Å². The molecule has 1 saturated carbocycles. The number of piperazine rings is 1. The summed E-state index contributed by atoms with van der Waals surface area (Å²) >= 11 is 0. The Labute approximate surface area is 128 Å². The first-order chi connectivity index (χ1) is 10.1. The van der Waals surface area contributed by atoms with Crippen molar-refractivity contribution in [2.75, 3.05) is 26.7 Å². The Morgan fingerprint density at radius 3 is 2.62 bits per heavy atom. The van der Waals surface area contributed by atoms with Gasteiger partial charge in [-0.05, 0) is 56.7 Å². The van der Waals surface area contributed by atoms with Gasteiger partial charge >= 0.3 is 0 Å². The normalized spacial score (nSPS) is 30.3. The Bertz CT molecular complexity index is 469. The van der Waals surface area contributed by atoms with Gasteiger partial charge in [-0.2, -0.15) is 0 Å². The molecule has 1 aromatic rings. The molecule has 2 fully saturated rings. The van der Waals surface area contributed by atoms with E-state index in [-0.39, 0.29) is 0 Å².